The summed E-state index contributed by atoms with van der Waals surface area (Å²) < 4.78 is 71.1. The van der Waals surface area contributed by atoms with Crippen LogP contribution in [0.1, 0.15) is 13.8 Å². The van der Waals surface area contributed by atoms with Gasteiger partial charge < -0.3 is 15.4 Å². The third-order valence-electron chi connectivity index (χ3n) is 2.62. The van der Waals surface area contributed by atoms with Gasteiger partial charge in [0.05, 0.1) is 12.3 Å². The lowest BCUT2D eigenvalue weighted by Gasteiger charge is -2.35. The summed E-state index contributed by atoms with van der Waals surface area (Å²) in [4.78, 5) is 22.9. The Morgan fingerprint density at radius 2 is 1.83 bits per heavy atom. The second kappa shape index (κ2) is 6.80. The molecular formula is C13H13F5N2O3. The number of benzene rings is 1. The largest absolute Gasteiger partial charge is 0.463 e. The highest BCUT2D eigenvalue weighted by molar-refractivity contribution is 5.90. The molecule has 0 aliphatic rings. The van der Waals surface area contributed by atoms with Crippen molar-refractivity contribution >= 4 is 17.6 Å². The standard InChI is InChI=1S/C13H13F5N2O3/c1-3-23-11(22)12(13(16,17)18,19-7(2)21)20-10-5-4-8(14)6-9(10)15/h4-6,20H,3H2,1-2H3,(H,19,21)/t12-/m0/s1. The second-order valence-corrected chi connectivity index (χ2v) is 4.40. The molecule has 0 saturated heterocycles. The molecule has 0 fully saturated rings. The molecule has 1 aromatic carbocycles. The molecule has 128 valence electrons. The fraction of sp³-hybridized carbons (Fsp3) is 0.385. The predicted molar refractivity (Wildman–Crippen MR) is 69.2 cm³/mol. The minimum atomic E-state index is -5.37. The van der Waals surface area contributed by atoms with Gasteiger partial charge in [-0.05, 0) is 19.1 Å². The molecule has 5 nitrogen and oxygen atoms in total. The Labute approximate surface area is 127 Å². The highest BCUT2D eigenvalue weighted by Crippen LogP contribution is 2.34. The lowest BCUT2D eigenvalue weighted by molar-refractivity contribution is -0.207. The first-order valence-corrected chi connectivity index (χ1v) is 6.29. The topological polar surface area (TPSA) is 67.4 Å². The molecule has 0 aromatic heterocycles. The van der Waals surface area contributed by atoms with Crippen molar-refractivity contribution in [3.8, 4) is 0 Å². The van der Waals surface area contributed by atoms with Crippen LogP contribution in [0.4, 0.5) is 27.6 Å². The van der Waals surface area contributed by atoms with Gasteiger partial charge >= 0.3 is 17.8 Å². The van der Waals surface area contributed by atoms with E-state index in [9.17, 15) is 31.5 Å². The lowest BCUT2D eigenvalue weighted by atomic mass is 10.1. The average Bonchev–Trinajstić information content (AvgIpc) is 2.39. The average molecular weight is 340 g/mol. The first-order chi connectivity index (χ1) is 10.5. The number of carbonyl (C=O) groups excluding carboxylic acids is 2. The molecule has 1 amide bonds. The number of halogens is 5. The van der Waals surface area contributed by atoms with E-state index in [0.29, 0.717) is 18.2 Å². The van der Waals surface area contributed by atoms with Crippen molar-refractivity contribution in [2.24, 2.45) is 0 Å². The Balaban J connectivity index is 3.41. The van der Waals surface area contributed by atoms with E-state index in [1.54, 1.807) is 5.32 Å². The normalized spacial score (nSPS) is 13.9. The van der Waals surface area contributed by atoms with E-state index in [2.05, 4.69) is 4.74 Å². The van der Waals surface area contributed by atoms with Gasteiger partial charge in [0.15, 0.2) is 0 Å². The molecular weight excluding hydrogens is 327 g/mol. The molecule has 10 heteroatoms. The van der Waals surface area contributed by atoms with Crippen LogP contribution < -0.4 is 10.6 Å². The minimum Gasteiger partial charge on any atom is -0.463 e. The van der Waals surface area contributed by atoms with Gasteiger partial charge in [-0.2, -0.15) is 13.2 Å². The number of rotatable bonds is 5. The highest BCUT2D eigenvalue weighted by atomic mass is 19.4. The van der Waals surface area contributed by atoms with E-state index in [4.69, 9.17) is 0 Å². The van der Waals surface area contributed by atoms with Crippen molar-refractivity contribution in [3.05, 3.63) is 29.8 Å². The van der Waals surface area contributed by atoms with Crippen LogP contribution in [0.2, 0.25) is 0 Å². The van der Waals surface area contributed by atoms with Crippen molar-refractivity contribution in [2.45, 2.75) is 25.7 Å². The molecule has 1 rings (SSSR count). The number of alkyl halides is 3. The monoisotopic (exact) mass is 340 g/mol. The van der Waals surface area contributed by atoms with Crippen LogP contribution in [0.3, 0.4) is 0 Å². The summed E-state index contributed by atoms with van der Waals surface area (Å²) in [5, 5.41) is 2.97. The molecule has 0 unspecified atom stereocenters. The number of hydrogen-bond acceptors (Lipinski definition) is 4. The summed E-state index contributed by atoms with van der Waals surface area (Å²) in [5.74, 6) is -5.51. The minimum absolute atomic E-state index is 0.322. The van der Waals surface area contributed by atoms with Crippen molar-refractivity contribution in [1.82, 2.24) is 5.32 Å². The Morgan fingerprint density at radius 1 is 1.22 bits per heavy atom. The zero-order valence-corrected chi connectivity index (χ0v) is 12.1. The summed E-state index contributed by atoms with van der Waals surface area (Å²) in [6.45, 7) is 1.58. The van der Waals surface area contributed by atoms with E-state index in [1.807, 2.05) is 0 Å². The van der Waals surface area contributed by atoms with Gasteiger partial charge in [0, 0.05) is 13.0 Å². The van der Waals surface area contributed by atoms with Gasteiger partial charge in [0.25, 0.3) is 0 Å². The number of carbonyl (C=O) groups is 2. The third kappa shape index (κ3) is 4.08. The number of nitrogens with one attached hydrogen (secondary N) is 2. The number of anilines is 1. The quantitative estimate of drug-likeness (QED) is 0.490. The molecule has 0 spiro atoms. The SMILES string of the molecule is CCOC(=O)[C@](NC(C)=O)(Nc1ccc(F)cc1F)C(F)(F)F. The smallest absolute Gasteiger partial charge is 0.441 e. The van der Waals surface area contributed by atoms with Gasteiger partial charge in [0.2, 0.25) is 5.91 Å². The van der Waals surface area contributed by atoms with Crippen LogP contribution in [-0.4, -0.2) is 30.3 Å². The van der Waals surface area contributed by atoms with Gasteiger partial charge in [0.1, 0.15) is 11.6 Å². The van der Waals surface area contributed by atoms with E-state index in [-0.39, 0.29) is 0 Å². The van der Waals surface area contributed by atoms with Crippen molar-refractivity contribution in [2.75, 3.05) is 11.9 Å². The van der Waals surface area contributed by atoms with Gasteiger partial charge in [-0.25, -0.2) is 13.6 Å². The summed E-state index contributed by atoms with van der Waals surface area (Å²) in [5.41, 5.74) is -4.56. The first-order valence-electron chi connectivity index (χ1n) is 6.29. The van der Waals surface area contributed by atoms with Crippen LogP contribution in [0.5, 0.6) is 0 Å². The van der Waals surface area contributed by atoms with Crippen LogP contribution in [0.15, 0.2) is 18.2 Å². The summed E-state index contributed by atoms with van der Waals surface area (Å²) in [7, 11) is 0. The maximum Gasteiger partial charge on any atom is 0.441 e. The van der Waals surface area contributed by atoms with Crippen LogP contribution in [0, 0.1) is 11.6 Å². The molecule has 0 bridgehead atoms. The van der Waals surface area contributed by atoms with Gasteiger partial charge in [-0.15, -0.1) is 0 Å². The molecule has 1 atom stereocenters. The van der Waals surface area contributed by atoms with Crippen LogP contribution in [0.25, 0.3) is 0 Å². The Bertz CT molecular complexity index is 606. The number of esters is 1. The van der Waals surface area contributed by atoms with E-state index >= 15 is 0 Å². The van der Waals surface area contributed by atoms with Crippen molar-refractivity contribution in [3.63, 3.8) is 0 Å². The maximum atomic E-state index is 13.6. The molecule has 0 heterocycles. The summed E-state index contributed by atoms with van der Waals surface area (Å²) in [6, 6.07) is 1.67. The number of hydrogen-bond donors (Lipinski definition) is 2. The van der Waals surface area contributed by atoms with Crippen LogP contribution >= 0.6 is 0 Å². The van der Waals surface area contributed by atoms with E-state index in [0.717, 1.165) is 6.92 Å². The number of amides is 1. The van der Waals surface area contributed by atoms with Crippen LogP contribution in [-0.2, 0) is 14.3 Å². The van der Waals surface area contributed by atoms with E-state index in [1.165, 1.54) is 12.2 Å². The number of ether oxygens (including phenoxy) is 1. The van der Waals surface area contributed by atoms with Crippen molar-refractivity contribution < 1.29 is 36.3 Å². The molecule has 0 aliphatic heterocycles. The fourth-order valence-corrected chi connectivity index (χ4v) is 1.69. The molecule has 0 radical (unpaired) electrons. The lowest BCUT2D eigenvalue weighted by Crippen LogP contribution is -2.69. The predicted octanol–water partition coefficient (Wildman–Crippen LogP) is 2.33. The molecule has 23 heavy (non-hydrogen) atoms. The molecule has 0 aliphatic carbocycles. The summed E-state index contributed by atoms with van der Waals surface area (Å²) >= 11 is 0. The maximum absolute atomic E-state index is 13.6. The molecule has 0 saturated carbocycles. The highest BCUT2D eigenvalue weighted by Gasteiger charge is 2.63. The first kappa shape index (κ1) is 18.7. The Morgan fingerprint density at radius 3 is 2.26 bits per heavy atom. The third-order valence-corrected chi connectivity index (χ3v) is 2.62. The molecule has 2 N–H and O–H groups in total. The zero-order chi connectivity index (χ0) is 17.8. The Kier molecular flexibility index (Phi) is 5.51. The fourth-order valence-electron chi connectivity index (χ4n) is 1.69. The Hall–Kier alpha value is -2.39. The molecule has 1 aromatic rings. The summed E-state index contributed by atoms with van der Waals surface area (Å²) in [6.07, 6.45) is -5.37. The second-order valence-electron chi connectivity index (χ2n) is 4.40. The zero-order valence-electron chi connectivity index (χ0n) is 12.1. The van der Waals surface area contributed by atoms with Gasteiger partial charge in [-0.1, -0.05) is 0 Å². The van der Waals surface area contributed by atoms with Crippen molar-refractivity contribution in [1.29, 1.82) is 0 Å². The van der Waals surface area contributed by atoms with E-state index < -0.39 is 47.6 Å². The van der Waals surface area contributed by atoms with Gasteiger partial charge in [-0.3, -0.25) is 4.79 Å².